The number of aromatic nitrogens is 2. The third-order valence-corrected chi connectivity index (χ3v) is 10.9. The zero-order chi connectivity index (χ0) is 36.2. The van der Waals surface area contributed by atoms with Gasteiger partial charge in [-0.3, -0.25) is 0 Å². The van der Waals surface area contributed by atoms with Crippen LogP contribution in [0.15, 0.2) is 182 Å². The van der Waals surface area contributed by atoms with Crippen molar-refractivity contribution in [3.8, 4) is 11.4 Å². The number of fused-ring (bicyclic) bond motifs is 5. The van der Waals surface area contributed by atoms with E-state index in [1.807, 2.05) is 0 Å². The fourth-order valence-electron chi connectivity index (χ4n) is 8.54. The highest BCUT2D eigenvalue weighted by Crippen LogP contribution is 2.43. The van der Waals surface area contributed by atoms with Gasteiger partial charge in [0, 0.05) is 73.8 Å². The van der Waals surface area contributed by atoms with Crippen LogP contribution in [0.5, 0.6) is 0 Å². The third kappa shape index (κ3) is 5.21. The van der Waals surface area contributed by atoms with Gasteiger partial charge in [-0.1, -0.05) is 85.8 Å². The summed E-state index contributed by atoms with van der Waals surface area (Å²) in [6, 6.07) is 64.0. The molecule has 0 fully saturated rings. The molecule has 0 saturated carbocycles. The second-order valence-electron chi connectivity index (χ2n) is 14.2. The lowest BCUT2D eigenvalue weighted by molar-refractivity contribution is 1.05. The first-order chi connectivity index (χ1) is 26.7. The lowest BCUT2D eigenvalue weighted by atomic mass is 10.1. The van der Waals surface area contributed by atoms with Crippen molar-refractivity contribution in [2.75, 3.05) is 16.3 Å². The van der Waals surface area contributed by atoms with Crippen molar-refractivity contribution in [3.63, 3.8) is 0 Å². The van der Waals surface area contributed by atoms with E-state index < -0.39 is 0 Å². The van der Waals surface area contributed by atoms with Crippen LogP contribution in [0.25, 0.3) is 49.7 Å². The van der Waals surface area contributed by atoms with Gasteiger partial charge in [-0.2, -0.15) is 0 Å². The van der Waals surface area contributed by atoms with Gasteiger partial charge in [0.15, 0.2) is 0 Å². The molecule has 2 aromatic heterocycles. The smallest absolute Gasteiger partial charge is 0.0541 e. The second-order valence-corrected chi connectivity index (χ2v) is 14.2. The zero-order valence-electron chi connectivity index (χ0n) is 30.5. The summed E-state index contributed by atoms with van der Waals surface area (Å²) in [4.78, 5) is 4.80. The molecule has 4 nitrogen and oxygen atoms in total. The van der Waals surface area contributed by atoms with Crippen molar-refractivity contribution in [1.29, 1.82) is 0 Å². The second kappa shape index (κ2) is 13.0. The van der Waals surface area contributed by atoms with Gasteiger partial charge < -0.3 is 18.9 Å². The summed E-state index contributed by atoms with van der Waals surface area (Å²) in [5.74, 6) is 0. The maximum Gasteiger partial charge on any atom is 0.0541 e. The molecule has 1 aliphatic heterocycles. The molecule has 0 aliphatic carbocycles. The minimum atomic E-state index is 0.884. The van der Waals surface area contributed by atoms with Crippen LogP contribution in [0.2, 0.25) is 0 Å². The zero-order valence-corrected chi connectivity index (χ0v) is 30.5. The minimum Gasteiger partial charge on any atom is -0.336 e. The Bertz CT molecular complexity index is 2780. The van der Waals surface area contributed by atoms with Crippen molar-refractivity contribution in [2.24, 2.45) is 0 Å². The number of anilines is 5. The topological polar surface area (TPSA) is 16.3 Å². The summed E-state index contributed by atoms with van der Waals surface area (Å²) in [6.45, 7) is 5.28. The van der Waals surface area contributed by atoms with E-state index in [0.717, 1.165) is 41.4 Å². The number of allylic oxidation sites excluding steroid dienone is 1. The normalized spacial score (nSPS) is 13.4. The van der Waals surface area contributed by atoms with Crippen molar-refractivity contribution in [3.05, 3.63) is 193 Å². The van der Waals surface area contributed by atoms with Gasteiger partial charge >= 0.3 is 0 Å². The number of rotatable bonds is 7. The molecule has 10 rings (SSSR count). The molecule has 0 spiro atoms. The Morgan fingerprint density at radius 2 is 1.02 bits per heavy atom. The molecule has 0 amide bonds. The van der Waals surface area contributed by atoms with E-state index in [4.69, 9.17) is 0 Å². The maximum atomic E-state index is 2.43. The molecule has 4 heteroatoms. The molecule has 54 heavy (non-hydrogen) atoms. The quantitative estimate of drug-likeness (QED) is 0.165. The van der Waals surface area contributed by atoms with Crippen molar-refractivity contribution in [1.82, 2.24) is 9.13 Å². The van der Waals surface area contributed by atoms with Gasteiger partial charge in [-0.05, 0) is 122 Å². The molecule has 0 unspecified atom stereocenters. The van der Waals surface area contributed by atoms with Crippen LogP contribution in [0.3, 0.4) is 0 Å². The van der Waals surface area contributed by atoms with Crippen LogP contribution in [0, 0.1) is 6.92 Å². The number of nitrogens with zero attached hydrogens (tertiary/aromatic N) is 4. The standard InChI is InChI=1S/C50H40N4/c1-3-12-37-34-51(48-18-9-5-14-44(37)48)38-21-23-40(24-22-38)53(41-27-25-39(26-28-41)52-35(2)33-36-13-4-8-17-47(36)52)42-29-31-43(32-30-42)54-49-19-10-6-15-45(49)46-16-7-11-20-50(46)54/h4-33H,3,34H2,1-2H3/b37-12+. The fourth-order valence-corrected chi connectivity index (χ4v) is 8.54. The predicted octanol–water partition coefficient (Wildman–Crippen LogP) is 13.5. The lowest BCUT2D eigenvalue weighted by Gasteiger charge is -2.27. The highest BCUT2D eigenvalue weighted by atomic mass is 15.2. The summed E-state index contributed by atoms with van der Waals surface area (Å²) in [5, 5.41) is 3.78. The summed E-state index contributed by atoms with van der Waals surface area (Å²) >= 11 is 0. The van der Waals surface area contributed by atoms with Crippen molar-refractivity contribution < 1.29 is 0 Å². The molecule has 0 atom stereocenters. The fraction of sp³-hybridized carbons (Fsp3) is 0.0800. The molecule has 0 bridgehead atoms. The Hall–Kier alpha value is -6.78. The van der Waals surface area contributed by atoms with Crippen LogP contribution in [0.4, 0.5) is 28.4 Å². The van der Waals surface area contributed by atoms with Crippen LogP contribution in [-0.2, 0) is 0 Å². The monoisotopic (exact) mass is 696 g/mol. The molecule has 9 aromatic rings. The van der Waals surface area contributed by atoms with E-state index in [9.17, 15) is 0 Å². The van der Waals surface area contributed by atoms with Gasteiger partial charge in [-0.15, -0.1) is 0 Å². The van der Waals surface area contributed by atoms with Gasteiger partial charge in [0.05, 0.1) is 16.6 Å². The first-order valence-corrected chi connectivity index (χ1v) is 18.9. The van der Waals surface area contributed by atoms with E-state index >= 15 is 0 Å². The molecule has 0 N–H and O–H groups in total. The van der Waals surface area contributed by atoms with Crippen LogP contribution in [0.1, 0.15) is 24.6 Å². The highest BCUT2D eigenvalue weighted by Gasteiger charge is 2.24. The Morgan fingerprint density at radius 3 is 1.63 bits per heavy atom. The Balaban J connectivity index is 1.06. The van der Waals surface area contributed by atoms with Crippen LogP contribution < -0.4 is 9.80 Å². The van der Waals surface area contributed by atoms with Gasteiger partial charge in [-0.25, -0.2) is 0 Å². The van der Waals surface area contributed by atoms with E-state index in [1.54, 1.807) is 0 Å². The summed E-state index contributed by atoms with van der Waals surface area (Å²) < 4.78 is 4.72. The van der Waals surface area contributed by atoms with Gasteiger partial charge in [0.1, 0.15) is 0 Å². The molecule has 3 heterocycles. The summed E-state index contributed by atoms with van der Waals surface area (Å²) in [5.41, 5.74) is 15.6. The Labute approximate surface area is 316 Å². The number of benzene rings is 7. The van der Waals surface area contributed by atoms with Crippen LogP contribution >= 0.6 is 0 Å². The summed E-state index contributed by atoms with van der Waals surface area (Å²) in [6.07, 6.45) is 3.39. The Kier molecular flexibility index (Phi) is 7.69. The van der Waals surface area contributed by atoms with E-state index in [-0.39, 0.29) is 0 Å². The molecular formula is C50H40N4. The number of hydrogen-bond acceptors (Lipinski definition) is 2. The first kappa shape index (κ1) is 31.9. The van der Waals surface area contributed by atoms with Crippen LogP contribution in [-0.4, -0.2) is 15.7 Å². The van der Waals surface area contributed by atoms with E-state index in [0.29, 0.717) is 0 Å². The first-order valence-electron chi connectivity index (χ1n) is 18.9. The number of aryl methyl sites for hydroxylation is 1. The molecular weight excluding hydrogens is 657 g/mol. The average Bonchev–Trinajstić information content (AvgIpc) is 3.88. The van der Waals surface area contributed by atoms with Crippen molar-refractivity contribution >= 4 is 66.7 Å². The highest BCUT2D eigenvalue weighted by molar-refractivity contribution is 6.09. The SMILES string of the molecule is CC/C=C1\CN(c2ccc(N(c3ccc(-n4c(C)cc5ccccc54)cc3)c3ccc(-n4c5ccccc5c5ccccc54)cc3)cc2)c2ccccc21. The maximum absolute atomic E-state index is 2.43. The average molecular weight is 697 g/mol. The molecule has 0 radical (unpaired) electrons. The largest absolute Gasteiger partial charge is 0.336 e. The lowest BCUT2D eigenvalue weighted by Crippen LogP contribution is -2.14. The number of para-hydroxylation sites is 4. The predicted molar refractivity (Wildman–Crippen MR) is 229 cm³/mol. The van der Waals surface area contributed by atoms with E-state index in [1.165, 1.54) is 60.9 Å². The molecule has 7 aromatic carbocycles. The number of hydrogen-bond donors (Lipinski definition) is 0. The molecule has 260 valence electrons. The van der Waals surface area contributed by atoms with E-state index in [2.05, 4.69) is 215 Å². The molecule has 1 aliphatic rings. The van der Waals surface area contributed by atoms with Gasteiger partial charge in [0.2, 0.25) is 0 Å². The third-order valence-electron chi connectivity index (χ3n) is 10.9. The summed E-state index contributed by atoms with van der Waals surface area (Å²) in [7, 11) is 0. The Morgan fingerprint density at radius 1 is 0.519 bits per heavy atom. The minimum absolute atomic E-state index is 0.884. The van der Waals surface area contributed by atoms with Crippen molar-refractivity contribution in [2.45, 2.75) is 20.3 Å². The van der Waals surface area contributed by atoms with Gasteiger partial charge in [0.25, 0.3) is 0 Å². The molecule has 0 saturated heterocycles.